The van der Waals surface area contributed by atoms with Gasteiger partial charge in [0.25, 0.3) is 5.56 Å². The summed E-state index contributed by atoms with van der Waals surface area (Å²) in [7, 11) is 1.51. The van der Waals surface area contributed by atoms with Crippen molar-refractivity contribution in [3.8, 4) is 5.75 Å². The lowest BCUT2D eigenvalue weighted by atomic mass is 10.2. The number of nitrogens with one attached hydrogen (secondary N) is 2. The van der Waals surface area contributed by atoms with E-state index in [1.54, 1.807) is 32.9 Å². The lowest BCUT2D eigenvalue weighted by Gasteiger charge is -2.21. The summed E-state index contributed by atoms with van der Waals surface area (Å²) in [6.07, 6.45) is 4.69. The Morgan fingerprint density at radius 3 is 2.47 bits per heavy atom. The van der Waals surface area contributed by atoms with Gasteiger partial charge in [0.15, 0.2) is 0 Å². The van der Waals surface area contributed by atoms with Gasteiger partial charge in [-0.05, 0) is 76.1 Å². The van der Waals surface area contributed by atoms with Crippen LogP contribution >= 0.6 is 0 Å². The molecule has 4 aromatic rings. The molecule has 0 fully saturated rings. The second-order valence-electron chi connectivity index (χ2n) is 11.6. The minimum atomic E-state index is -0.928. The summed E-state index contributed by atoms with van der Waals surface area (Å²) in [6.45, 7) is 4.41. The van der Waals surface area contributed by atoms with Crippen LogP contribution in [0.2, 0.25) is 0 Å². The molecule has 4 rings (SSSR count). The highest BCUT2D eigenvalue weighted by Gasteiger charge is 2.25. The first-order valence-corrected chi connectivity index (χ1v) is 14.8. The summed E-state index contributed by atoms with van der Waals surface area (Å²) in [5, 5.41) is 5.30. The lowest BCUT2D eigenvalue weighted by molar-refractivity contribution is -0.116. The predicted molar refractivity (Wildman–Crippen MR) is 170 cm³/mol. The minimum absolute atomic E-state index is 0.00480. The number of amides is 2. The zero-order valence-corrected chi connectivity index (χ0v) is 26.4. The third kappa shape index (κ3) is 9.12. The topological polar surface area (TPSA) is 121 Å². The van der Waals surface area contributed by atoms with E-state index < -0.39 is 47.2 Å². The molecule has 0 saturated heterocycles. The average molecular weight is 653 g/mol. The van der Waals surface area contributed by atoms with E-state index in [1.165, 1.54) is 48.2 Å². The molecule has 2 N–H and O–H groups in total. The number of carbonyl (C=O) groups is 3. The Morgan fingerprint density at radius 1 is 1.00 bits per heavy atom. The molecular weight excluding hydrogens is 617 g/mol. The van der Waals surface area contributed by atoms with Crippen molar-refractivity contribution in [2.45, 2.75) is 58.8 Å². The van der Waals surface area contributed by atoms with Crippen molar-refractivity contribution >= 4 is 34.5 Å². The molecule has 13 heteroatoms. The van der Waals surface area contributed by atoms with Gasteiger partial charge in [0.1, 0.15) is 46.6 Å². The number of anilines is 1. The molecule has 0 spiro atoms. The van der Waals surface area contributed by atoms with Crippen molar-refractivity contribution in [1.82, 2.24) is 14.5 Å². The zero-order valence-electron chi connectivity index (χ0n) is 26.4. The van der Waals surface area contributed by atoms with Crippen LogP contribution in [0.15, 0.2) is 71.7 Å². The Hall–Kier alpha value is -5.33. The van der Waals surface area contributed by atoms with Crippen LogP contribution in [0.1, 0.15) is 51.3 Å². The number of hydrogen-bond acceptors (Lipinski definition) is 6. The maximum absolute atomic E-state index is 14.8. The standard InChI is InChI=1S/C34H35F3N4O6/c1-34(2,3)47-33(45)41-25(16-22-15-24(36)18-28(31(22)41)46-20-21-12-13-23(35)17-26(21)37)19-40-14-8-9-27(32(40)44)39-30(43)11-7-5-6-10-29(42)38-4/h6,8-10,12-18H,5,7,11,19-20H2,1-4H3,(H,38,42)(H,39,43)/b10-6+. The van der Waals surface area contributed by atoms with Gasteiger partial charge in [0.05, 0.1) is 12.2 Å². The van der Waals surface area contributed by atoms with Gasteiger partial charge in [-0.15, -0.1) is 0 Å². The fourth-order valence-corrected chi connectivity index (χ4v) is 4.67. The van der Waals surface area contributed by atoms with Crippen LogP contribution in [0.3, 0.4) is 0 Å². The Balaban J connectivity index is 1.65. The fraction of sp³-hybridized carbons (Fsp3) is 0.294. The molecule has 0 bridgehead atoms. The smallest absolute Gasteiger partial charge is 0.419 e. The molecular formula is C34H35F3N4O6. The number of carbonyl (C=O) groups excluding carboxylic acids is 3. The minimum Gasteiger partial charge on any atom is -0.486 e. The third-order valence-electron chi connectivity index (χ3n) is 6.79. The number of ether oxygens (including phenoxy) is 2. The third-order valence-corrected chi connectivity index (χ3v) is 6.79. The molecule has 0 saturated carbocycles. The van der Waals surface area contributed by atoms with Gasteiger partial charge in [-0.1, -0.05) is 6.08 Å². The number of rotatable bonds is 11. The number of hydrogen-bond donors (Lipinski definition) is 2. The molecule has 47 heavy (non-hydrogen) atoms. The lowest BCUT2D eigenvalue weighted by Crippen LogP contribution is -2.30. The van der Waals surface area contributed by atoms with Crippen molar-refractivity contribution in [3.05, 3.63) is 106 Å². The second-order valence-corrected chi connectivity index (χ2v) is 11.6. The fourth-order valence-electron chi connectivity index (χ4n) is 4.67. The van der Waals surface area contributed by atoms with Gasteiger partial charge in [0, 0.05) is 42.7 Å². The van der Waals surface area contributed by atoms with Gasteiger partial charge in [-0.25, -0.2) is 22.5 Å². The number of unbranched alkanes of at least 4 members (excludes halogenated alkanes) is 1. The van der Waals surface area contributed by atoms with E-state index in [1.807, 2.05) is 0 Å². The molecule has 2 aromatic carbocycles. The van der Waals surface area contributed by atoms with Crippen LogP contribution in [-0.2, 0) is 27.5 Å². The summed E-state index contributed by atoms with van der Waals surface area (Å²) in [5.74, 6) is -3.09. The number of fused-ring (bicyclic) bond motifs is 1. The maximum Gasteiger partial charge on any atom is 0.419 e. The van der Waals surface area contributed by atoms with E-state index >= 15 is 0 Å². The van der Waals surface area contributed by atoms with Crippen LogP contribution in [0.25, 0.3) is 10.9 Å². The van der Waals surface area contributed by atoms with E-state index in [4.69, 9.17) is 9.47 Å². The molecule has 0 aliphatic rings. The highest BCUT2D eigenvalue weighted by atomic mass is 19.1. The SMILES string of the molecule is CNC(=O)/C=C/CCCC(=O)Nc1cccn(Cc2cc3cc(F)cc(OCc4ccc(F)cc4F)c3n2C(=O)OC(C)(C)C)c1=O. The summed E-state index contributed by atoms with van der Waals surface area (Å²) < 4.78 is 56.3. The van der Waals surface area contributed by atoms with E-state index in [0.29, 0.717) is 18.9 Å². The van der Waals surface area contributed by atoms with Crippen molar-refractivity contribution in [1.29, 1.82) is 0 Å². The second kappa shape index (κ2) is 14.8. The van der Waals surface area contributed by atoms with Crippen molar-refractivity contribution in [2.24, 2.45) is 0 Å². The van der Waals surface area contributed by atoms with Crippen molar-refractivity contribution < 1.29 is 37.0 Å². The normalized spacial score (nSPS) is 11.6. The van der Waals surface area contributed by atoms with Gasteiger partial charge in [0.2, 0.25) is 11.8 Å². The molecule has 0 aliphatic heterocycles. The van der Waals surface area contributed by atoms with E-state index in [-0.39, 0.29) is 52.5 Å². The van der Waals surface area contributed by atoms with E-state index in [2.05, 4.69) is 10.6 Å². The average Bonchev–Trinajstić information content (AvgIpc) is 3.35. The number of likely N-dealkylation sites (N-methyl/N-ethyl adjacent to an activating group) is 1. The number of allylic oxidation sites excluding steroid dienone is 1. The molecule has 2 amide bonds. The number of aromatic nitrogens is 2. The van der Waals surface area contributed by atoms with Gasteiger partial charge in [-0.3, -0.25) is 14.4 Å². The summed E-state index contributed by atoms with van der Waals surface area (Å²) in [4.78, 5) is 50.7. The molecule has 2 aromatic heterocycles. The van der Waals surface area contributed by atoms with Gasteiger partial charge in [-0.2, -0.15) is 0 Å². The molecule has 2 heterocycles. The molecule has 0 aliphatic carbocycles. The highest BCUT2D eigenvalue weighted by molar-refractivity contribution is 5.95. The number of halogens is 3. The Kier molecular flexibility index (Phi) is 10.9. The number of pyridine rings is 1. The summed E-state index contributed by atoms with van der Waals surface area (Å²) in [5.41, 5.74) is -1.13. The van der Waals surface area contributed by atoms with E-state index in [9.17, 15) is 32.3 Å². The first kappa shape index (κ1) is 34.5. The van der Waals surface area contributed by atoms with Crippen molar-refractivity contribution in [2.75, 3.05) is 12.4 Å². The molecule has 10 nitrogen and oxygen atoms in total. The Labute approximate surface area is 268 Å². The Morgan fingerprint density at radius 2 is 1.77 bits per heavy atom. The summed E-state index contributed by atoms with van der Waals surface area (Å²) >= 11 is 0. The largest absolute Gasteiger partial charge is 0.486 e. The predicted octanol–water partition coefficient (Wildman–Crippen LogP) is 6.04. The monoisotopic (exact) mass is 652 g/mol. The van der Waals surface area contributed by atoms with E-state index in [0.717, 1.165) is 16.7 Å². The van der Waals surface area contributed by atoms with Crippen LogP contribution in [0.5, 0.6) is 5.75 Å². The zero-order chi connectivity index (χ0) is 34.3. The maximum atomic E-state index is 14.8. The van der Waals surface area contributed by atoms with Crippen molar-refractivity contribution in [3.63, 3.8) is 0 Å². The highest BCUT2D eigenvalue weighted by Crippen LogP contribution is 2.32. The summed E-state index contributed by atoms with van der Waals surface area (Å²) in [6, 6.07) is 9.66. The molecule has 0 unspecified atom stereocenters. The van der Waals surface area contributed by atoms with Crippen LogP contribution in [-0.4, -0.2) is 39.7 Å². The first-order valence-electron chi connectivity index (χ1n) is 14.8. The van der Waals surface area contributed by atoms with Gasteiger partial charge < -0.3 is 24.7 Å². The van der Waals surface area contributed by atoms with Crippen LogP contribution < -0.4 is 20.9 Å². The molecule has 248 valence electrons. The molecule has 0 atom stereocenters. The quantitative estimate of drug-likeness (QED) is 0.151. The Bertz CT molecular complexity index is 1890. The first-order chi connectivity index (χ1) is 22.3. The van der Waals surface area contributed by atoms with Gasteiger partial charge >= 0.3 is 6.09 Å². The van der Waals surface area contributed by atoms with Crippen LogP contribution in [0, 0.1) is 17.5 Å². The number of nitrogens with zero attached hydrogens (tertiary/aromatic N) is 2. The number of benzene rings is 2. The molecule has 0 radical (unpaired) electrons. The van der Waals surface area contributed by atoms with Crippen LogP contribution in [0.4, 0.5) is 23.7 Å².